The molecule has 1 aromatic rings. The van der Waals surface area contributed by atoms with Crippen molar-refractivity contribution < 1.29 is 4.84 Å². The Bertz CT molecular complexity index is 256. The van der Waals surface area contributed by atoms with Gasteiger partial charge in [0.2, 0.25) is 0 Å². The number of hydrogen-bond acceptors (Lipinski definition) is 2. The Kier molecular flexibility index (Phi) is 2.88. The van der Waals surface area contributed by atoms with Crippen LogP contribution in [0.2, 0.25) is 0 Å². The van der Waals surface area contributed by atoms with Gasteiger partial charge in [0.15, 0.2) is 0 Å². The molecule has 0 bridgehead atoms. The van der Waals surface area contributed by atoms with Gasteiger partial charge < -0.3 is 0 Å². The number of nitrogens with two attached hydrogens (primary N) is 1. The summed E-state index contributed by atoms with van der Waals surface area (Å²) in [5, 5.41) is 0. The highest BCUT2D eigenvalue weighted by molar-refractivity contribution is 9.10. The molecule has 0 fully saturated rings. The molecule has 0 aromatic heterocycles. The van der Waals surface area contributed by atoms with Gasteiger partial charge in [-0.05, 0) is 31.5 Å². The van der Waals surface area contributed by atoms with Crippen LogP contribution in [0.1, 0.15) is 19.4 Å². The molecule has 0 saturated carbocycles. The average Bonchev–Trinajstić information content (AvgIpc) is 2.05. The molecule has 12 heavy (non-hydrogen) atoms. The molecule has 2 nitrogen and oxygen atoms in total. The first-order valence-corrected chi connectivity index (χ1v) is 4.49. The lowest BCUT2D eigenvalue weighted by Crippen LogP contribution is -2.25. The minimum Gasteiger partial charge on any atom is -0.294 e. The van der Waals surface area contributed by atoms with Crippen molar-refractivity contribution in [2.75, 3.05) is 0 Å². The van der Waals surface area contributed by atoms with E-state index < -0.39 is 5.60 Å². The summed E-state index contributed by atoms with van der Waals surface area (Å²) >= 11 is 3.36. The van der Waals surface area contributed by atoms with E-state index in [1.165, 1.54) is 0 Å². The van der Waals surface area contributed by atoms with Gasteiger partial charge in [-0.2, -0.15) is 0 Å². The van der Waals surface area contributed by atoms with E-state index in [0.29, 0.717) is 0 Å². The minimum atomic E-state index is -0.416. The summed E-state index contributed by atoms with van der Waals surface area (Å²) in [5.74, 6) is 5.16. The zero-order valence-electron chi connectivity index (χ0n) is 7.17. The maximum Gasteiger partial charge on any atom is 0.109 e. The van der Waals surface area contributed by atoms with Gasteiger partial charge in [0, 0.05) is 4.47 Å². The molecule has 1 rings (SSSR count). The SMILES string of the molecule is CC(C)(ON)c1ccc(Br)cc1. The van der Waals surface area contributed by atoms with E-state index >= 15 is 0 Å². The molecule has 66 valence electrons. The topological polar surface area (TPSA) is 35.2 Å². The van der Waals surface area contributed by atoms with E-state index in [-0.39, 0.29) is 0 Å². The molecule has 0 atom stereocenters. The van der Waals surface area contributed by atoms with Crippen molar-refractivity contribution in [3.63, 3.8) is 0 Å². The third kappa shape index (κ3) is 2.06. The third-order valence-electron chi connectivity index (χ3n) is 1.83. The summed E-state index contributed by atoms with van der Waals surface area (Å²) in [6.07, 6.45) is 0. The Morgan fingerprint density at radius 2 is 1.75 bits per heavy atom. The standard InChI is InChI=1S/C9H12BrNO/c1-9(2,12-11)7-3-5-8(10)6-4-7/h3-6H,11H2,1-2H3. The Hall–Kier alpha value is -0.380. The van der Waals surface area contributed by atoms with Crippen LogP contribution in [0.25, 0.3) is 0 Å². The van der Waals surface area contributed by atoms with Gasteiger partial charge in [0.1, 0.15) is 5.60 Å². The Morgan fingerprint density at radius 3 is 2.17 bits per heavy atom. The summed E-state index contributed by atoms with van der Waals surface area (Å²) in [5.41, 5.74) is 0.647. The van der Waals surface area contributed by atoms with Crippen LogP contribution in [0.5, 0.6) is 0 Å². The number of halogens is 1. The van der Waals surface area contributed by atoms with E-state index in [9.17, 15) is 0 Å². The normalized spacial score (nSPS) is 11.7. The van der Waals surface area contributed by atoms with Gasteiger partial charge in [-0.3, -0.25) is 4.84 Å². The number of benzene rings is 1. The van der Waals surface area contributed by atoms with E-state index in [4.69, 9.17) is 10.7 Å². The molecular formula is C9H12BrNO. The van der Waals surface area contributed by atoms with Crippen LogP contribution < -0.4 is 5.90 Å². The largest absolute Gasteiger partial charge is 0.294 e. The maximum absolute atomic E-state index is 5.16. The van der Waals surface area contributed by atoms with E-state index in [1.54, 1.807) is 0 Å². The molecule has 0 aliphatic carbocycles. The zero-order chi connectivity index (χ0) is 9.19. The van der Waals surface area contributed by atoms with Crippen molar-refractivity contribution in [1.29, 1.82) is 0 Å². The second-order valence-electron chi connectivity index (χ2n) is 3.14. The fourth-order valence-corrected chi connectivity index (χ4v) is 1.18. The summed E-state index contributed by atoms with van der Waals surface area (Å²) in [7, 11) is 0. The molecule has 0 spiro atoms. The third-order valence-corrected chi connectivity index (χ3v) is 2.36. The van der Waals surface area contributed by atoms with Crippen LogP contribution >= 0.6 is 15.9 Å². The van der Waals surface area contributed by atoms with Crippen LogP contribution in [0.3, 0.4) is 0 Å². The molecule has 0 radical (unpaired) electrons. The molecule has 0 unspecified atom stereocenters. The zero-order valence-corrected chi connectivity index (χ0v) is 8.76. The van der Waals surface area contributed by atoms with Gasteiger partial charge in [0.05, 0.1) is 0 Å². The fourth-order valence-electron chi connectivity index (χ4n) is 0.919. The van der Waals surface area contributed by atoms with Gasteiger partial charge in [-0.15, -0.1) is 0 Å². The highest BCUT2D eigenvalue weighted by atomic mass is 79.9. The lowest BCUT2D eigenvalue weighted by molar-refractivity contribution is -0.0236. The Morgan fingerprint density at radius 1 is 1.25 bits per heavy atom. The molecule has 1 aromatic carbocycles. The Labute approximate surface area is 80.8 Å². The highest BCUT2D eigenvalue weighted by Crippen LogP contribution is 2.23. The fraction of sp³-hybridized carbons (Fsp3) is 0.333. The predicted octanol–water partition coefficient (Wildman–Crippen LogP) is 2.57. The van der Waals surface area contributed by atoms with Crippen molar-refractivity contribution in [2.24, 2.45) is 5.90 Å². The summed E-state index contributed by atoms with van der Waals surface area (Å²) in [6, 6.07) is 7.90. The van der Waals surface area contributed by atoms with Crippen LogP contribution in [-0.4, -0.2) is 0 Å². The molecular weight excluding hydrogens is 218 g/mol. The average molecular weight is 230 g/mol. The molecule has 0 aliphatic heterocycles. The van der Waals surface area contributed by atoms with Gasteiger partial charge >= 0.3 is 0 Å². The predicted molar refractivity (Wildman–Crippen MR) is 52.4 cm³/mol. The van der Waals surface area contributed by atoms with Crippen molar-refractivity contribution in [1.82, 2.24) is 0 Å². The van der Waals surface area contributed by atoms with E-state index in [2.05, 4.69) is 15.9 Å². The second kappa shape index (κ2) is 3.56. The van der Waals surface area contributed by atoms with Gasteiger partial charge in [0.25, 0.3) is 0 Å². The first kappa shape index (κ1) is 9.71. The van der Waals surface area contributed by atoms with Crippen LogP contribution in [-0.2, 0) is 10.4 Å². The maximum atomic E-state index is 5.16. The van der Waals surface area contributed by atoms with Gasteiger partial charge in [-0.1, -0.05) is 28.1 Å². The molecule has 3 heteroatoms. The van der Waals surface area contributed by atoms with Crippen molar-refractivity contribution in [2.45, 2.75) is 19.4 Å². The first-order valence-electron chi connectivity index (χ1n) is 3.70. The molecule has 0 aliphatic rings. The smallest absolute Gasteiger partial charge is 0.109 e. The molecule has 0 heterocycles. The highest BCUT2D eigenvalue weighted by Gasteiger charge is 2.19. The molecule has 2 N–H and O–H groups in total. The van der Waals surface area contributed by atoms with Crippen LogP contribution in [0.4, 0.5) is 0 Å². The van der Waals surface area contributed by atoms with Crippen LogP contribution in [0.15, 0.2) is 28.7 Å². The molecule has 0 amide bonds. The summed E-state index contributed by atoms with van der Waals surface area (Å²) in [4.78, 5) is 4.85. The van der Waals surface area contributed by atoms with Gasteiger partial charge in [-0.25, -0.2) is 5.90 Å². The van der Waals surface area contributed by atoms with Crippen molar-refractivity contribution >= 4 is 15.9 Å². The summed E-state index contributed by atoms with van der Waals surface area (Å²) in [6.45, 7) is 3.85. The second-order valence-corrected chi connectivity index (χ2v) is 4.05. The van der Waals surface area contributed by atoms with Crippen LogP contribution in [0, 0.1) is 0 Å². The monoisotopic (exact) mass is 229 g/mol. The quantitative estimate of drug-likeness (QED) is 0.792. The minimum absolute atomic E-state index is 0.416. The number of hydrogen-bond donors (Lipinski definition) is 1. The van der Waals surface area contributed by atoms with E-state index in [0.717, 1.165) is 10.0 Å². The van der Waals surface area contributed by atoms with E-state index in [1.807, 2.05) is 38.1 Å². The summed E-state index contributed by atoms with van der Waals surface area (Å²) < 4.78 is 1.05. The first-order chi connectivity index (χ1) is 5.56. The lowest BCUT2D eigenvalue weighted by Gasteiger charge is -2.22. The van der Waals surface area contributed by atoms with Crippen molar-refractivity contribution in [3.8, 4) is 0 Å². The van der Waals surface area contributed by atoms with Crippen molar-refractivity contribution in [3.05, 3.63) is 34.3 Å². The molecule has 0 saturated heterocycles. The number of rotatable bonds is 2. The Balaban J connectivity index is 2.96. The lowest BCUT2D eigenvalue weighted by atomic mass is 9.99.